The van der Waals surface area contributed by atoms with Crippen molar-refractivity contribution < 1.29 is 20.4 Å². The van der Waals surface area contributed by atoms with Crippen molar-refractivity contribution in [3.8, 4) is 0 Å². The van der Waals surface area contributed by atoms with Crippen LogP contribution in [0, 0.1) is 0 Å². The van der Waals surface area contributed by atoms with E-state index in [2.05, 4.69) is 47.3 Å². The van der Waals surface area contributed by atoms with Crippen LogP contribution in [-0.2, 0) is 0 Å². The molecule has 0 saturated carbocycles. The van der Waals surface area contributed by atoms with Gasteiger partial charge in [-0.05, 0) is 64.7 Å². The summed E-state index contributed by atoms with van der Waals surface area (Å²) < 4.78 is 0. The molecule has 0 aromatic heterocycles. The first-order valence-corrected chi connectivity index (χ1v) is 33.9. The van der Waals surface area contributed by atoms with E-state index >= 15 is 0 Å². The van der Waals surface area contributed by atoms with Crippen LogP contribution < -0.4 is 0 Å². The van der Waals surface area contributed by atoms with Gasteiger partial charge in [-0.25, -0.2) is 0 Å². The number of aliphatic hydroxyl groups excluding tert-OH is 4. The van der Waals surface area contributed by atoms with Crippen LogP contribution in [-0.4, -0.2) is 143 Å². The van der Waals surface area contributed by atoms with Gasteiger partial charge in [-0.15, -0.1) is 0 Å². The molecule has 1 saturated heterocycles. The predicted octanol–water partition coefficient (Wildman–Crippen LogP) is 16.7. The summed E-state index contributed by atoms with van der Waals surface area (Å²) in [5, 5.41) is 44.8. The Hall–Kier alpha value is -0.320. The van der Waals surface area contributed by atoms with Crippen molar-refractivity contribution in [2.45, 2.75) is 347 Å². The molecule has 8 nitrogen and oxygen atoms in total. The van der Waals surface area contributed by atoms with Crippen molar-refractivity contribution in [3.05, 3.63) is 0 Å². The fourth-order valence-electron chi connectivity index (χ4n) is 11.8. The molecule has 4 atom stereocenters. The van der Waals surface area contributed by atoms with Crippen LogP contribution in [0.2, 0.25) is 0 Å². The summed E-state index contributed by atoms with van der Waals surface area (Å²) in [5.41, 5.74) is 0. The van der Waals surface area contributed by atoms with Gasteiger partial charge in [0.15, 0.2) is 0 Å². The molecule has 1 heterocycles. The summed E-state index contributed by atoms with van der Waals surface area (Å²) in [6, 6.07) is 0. The molecule has 1 aliphatic heterocycles. The molecule has 0 aliphatic carbocycles. The van der Waals surface area contributed by atoms with Gasteiger partial charge in [-0.3, -0.25) is 9.80 Å². The fraction of sp³-hybridized carbons (Fsp3) is 1.00. The third-order valence-electron chi connectivity index (χ3n) is 16.8. The summed E-state index contributed by atoms with van der Waals surface area (Å²) in [7, 11) is 0. The minimum Gasteiger partial charge on any atom is -0.392 e. The Balaban J connectivity index is 2.56. The smallest absolute Gasteiger partial charge is 0.0667 e. The quantitative estimate of drug-likeness (QED) is 0.0448. The summed E-state index contributed by atoms with van der Waals surface area (Å²) in [4.78, 5) is 10.1. The molecule has 0 aromatic carbocycles. The van der Waals surface area contributed by atoms with E-state index in [1.807, 2.05) is 0 Å². The van der Waals surface area contributed by atoms with E-state index < -0.39 is 0 Å². The average molecular weight is 1050 g/mol. The van der Waals surface area contributed by atoms with Crippen molar-refractivity contribution in [2.24, 2.45) is 0 Å². The van der Waals surface area contributed by atoms with Gasteiger partial charge < -0.3 is 30.2 Å². The fourth-order valence-corrected chi connectivity index (χ4v) is 11.8. The van der Waals surface area contributed by atoms with Gasteiger partial charge in [0.2, 0.25) is 0 Å². The van der Waals surface area contributed by atoms with E-state index in [1.165, 1.54) is 231 Å². The first kappa shape index (κ1) is 71.7. The Kier molecular flexibility index (Phi) is 54.2. The van der Waals surface area contributed by atoms with Crippen LogP contribution >= 0.6 is 0 Å². The van der Waals surface area contributed by atoms with Gasteiger partial charge in [0.05, 0.1) is 24.4 Å². The molecule has 1 aliphatic rings. The lowest BCUT2D eigenvalue weighted by atomic mass is 10.0. The van der Waals surface area contributed by atoms with Crippen molar-refractivity contribution in [1.82, 2.24) is 19.6 Å². The summed E-state index contributed by atoms with van der Waals surface area (Å²) in [5.74, 6) is 0. The zero-order chi connectivity index (χ0) is 53.6. The van der Waals surface area contributed by atoms with Gasteiger partial charge >= 0.3 is 0 Å². The molecule has 8 heteroatoms. The highest BCUT2D eigenvalue weighted by molar-refractivity contribution is 4.76. The molecule has 74 heavy (non-hydrogen) atoms. The maximum atomic E-state index is 11.2. The third-order valence-corrected chi connectivity index (χ3v) is 16.8. The van der Waals surface area contributed by atoms with Gasteiger partial charge in [-0.2, -0.15) is 0 Å². The van der Waals surface area contributed by atoms with E-state index in [0.29, 0.717) is 26.2 Å². The van der Waals surface area contributed by atoms with Gasteiger partial charge in [-0.1, -0.05) is 285 Å². The molecular formula is C66H136N4O4. The van der Waals surface area contributed by atoms with Crippen LogP contribution in [0.5, 0.6) is 0 Å². The van der Waals surface area contributed by atoms with Crippen molar-refractivity contribution in [1.29, 1.82) is 0 Å². The molecule has 0 amide bonds. The summed E-state index contributed by atoms with van der Waals surface area (Å²) in [6.45, 7) is 20.3. The lowest BCUT2D eigenvalue weighted by Crippen LogP contribution is -2.48. The Morgan fingerprint density at radius 1 is 0.257 bits per heavy atom. The van der Waals surface area contributed by atoms with Crippen LogP contribution in [0.1, 0.15) is 323 Å². The van der Waals surface area contributed by atoms with Gasteiger partial charge in [0.25, 0.3) is 0 Å². The Bertz CT molecular complexity index is 933. The normalized spacial score (nSPS) is 15.5. The van der Waals surface area contributed by atoms with Gasteiger partial charge in [0.1, 0.15) is 0 Å². The lowest BCUT2D eigenvalue weighted by Gasteiger charge is -2.36. The molecular weight excluding hydrogens is 913 g/mol. The van der Waals surface area contributed by atoms with E-state index in [9.17, 15) is 20.4 Å². The lowest BCUT2D eigenvalue weighted by molar-refractivity contribution is 0.0535. The zero-order valence-electron chi connectivity index (χ0n) is 50.9. The van der Waals surface area contributed by atoms with Crippen molar-refractivity contribution in [3.63, 3.8) is 0 Å². The molecule has 0 spiro atoms. The molecule has 4 N–H and O–H groups in total. The van der Waals surface area contributed by atoms with Gasteiger partial charge in [0, 0.05) is 52.4 Å². The van der Waals surface area contributed by atoms with E-state index in [-0.39, 0.29) is 24.4 Å². The van der Waals surface area contributed by atoms with Crippen LogP contribution in [0.4, 0.5) is 0 Å². The minimum atomic E-state index is -0.311. The highest BCUT2D eigenvalue weighted by Crippen LogP contribution is 2.18. The summed E-state index contributed by atoms with van der Waals surface area (Å²) >= 11 is 0. The minimum absolute atomic E-state index is 0.311. The van der Waals surface area contributed by atoms with E-state index in [0.717, 1.165) is 117 Å². The third kappa shape index (κ3) is 48.8. The first-order chi connectivity index (χ1) is 36.3. The van der Waals surface area contributed by atoms with Crippen LogP contribution in [0.3, 0.4) is 0 Å². The number of hydrogen-bond acceptors (Lipinski definition) is 8. The Morgan fingerprint density at radius 3 is 0.622 bits per heavy atom. The van der Waals surface area contributed by atoms with E-state index in [1.54, 1.807) is 0 Å². The molecule has 444 valence electrons. The second-order valence-electron chi connectivity index (χ2n) is 24.4. The number of unbranched alkanes of at least 4 members (excludes halogenated alkanes) is 36. The predicted molar refractivity (Wildman–Crippen MR) is 325 cm³/mol. The number of hydrogen-bond donors (Lipinski definition) is 4. The Morgan fingerprint density at radius 2 is 0.432 bits per heavy atom. The summed E-state index contributed by atoms with van der Waals surface area (Å²) in [6.07, 6.45) is 57.1. The number of rotatable bonds is 60. The number of aliphatic hydroxyl groups is 4. The second-order valence-corrected chi connectivity index (χ2v) is 24.4. The zero-order valence-corrected chi connectivity index (χ0v) is 50.9. The molecule has 1 fully saturated rings. The highest BCUT2D eigenvalue weighted by atomic mass is 16.3. The maximum absolute atomic E-state index is 11.2. The molecule has 1 rings (SSSR count). The van der Waals surface area contributed by atoms with Crippen LogP contribution in [0.15, 0.2) is 0 Å². The molecule has 0 radical (unpaired) electrons. The van der Waals surface area contributed by atoms with Crippen molar-refractivity contribution in [2.75, 3.05) is 78.5 Å². The molecule has 4 unspecified atom stereocenters. The SMILES string of the molecule is CCCCCCCCCCCCC(O)CN(CCCN1CCN(CCCN(CC(O)CCCCCCCCCCCC)CC(O)CCCCCCCCCCCC)CC1)CC(O)CCCCCCCCCCCC. The van der Waals surface area contributed by atoms with Crippen LogP contribution in [0.25, 0.3) is 0 Å². The second kappa shape index (κ2) is 56.0. The maximum Gasteiger partial charge on any atom is 0.0667 e. The Labute approximate surface area is 464 Å². The van der Waals surface area contributed by atoms with Crippen molar-refractivity contribution >= 4 is 0 Å². The molecule has 0 aromatic rings. The topological polar surface area (TPSA) is 93.9 Å². The highest BCUT2D eigenvalue weighted by Gasteiger charge is 2.21. The monoisotopic (exact) mass is 1050 g/mol. The number of nitrogens with zero attached hydrogens (tertiary/aromatic N) is 4. The van der Waals surface area contributed by atoms with E-state index in [4.69, 9.17) is 0 Å². The first-order valence-electron chi connectivity index (χ1n) is 33.9. The largest absolute Gasteiger partial charge is 0.392 e. The average Bonchev–Trinajstić information content (AvgIpc) is 3.39. The molecule has 0 bridgehead atoms. The number of piperazine rings is 1. The standard InChI is InChI=1S/C66H136N4O4/c1-5-9-13-17-21-25-29-33-37-41-47-63(71)59-69(60-64(72)48-42-38-34-30-26-22-18-14-10-6-2)53-45-51-67-55-57-68(58-56-67)52-46-54-70(61-65(73)49-43-39-35-31-27-23-19-15-11-7-3)62-66(74)50-44-40-36-32-28-24-20-16-12-8-4/h63-66,71-74H,5-62H2,1-4H3.